The molecule has 1 fully saturated rings. The van der Waals surface area contributed by atoms with Crippen molar-refractivity contribution in [1.82, 2.24) is 0 Å². The second-order valence-electron chi connectivity index (χ2n) is 2.77. The molecule has 0 aromatic heterocycles. The van der Waals surface area contributed by atoms with E-state index in [9.17, 15) is 10.2 Å². The highest BCUT2D eigenvalue weighted by Crippen LogP contribution is 2.23. The number of nitrogens with two attached hydrogens (primary N) is 1. The molecule has 0 amide bonds. The molecule has 5 unspecified atom stereocenters. The Bertz CT molecular complexity index is 154. The Labute approximate surface area is 83.7 Å². The second-order valence-corrected chi connectivity index (χ2v) is 3.99. The van der Waals surface area contributed by atoms with Gasteiger partial charge in [0.2, 0.25) is 0 Å². The van der Waals surface area contributed by atoms with Crippen LogP contribution in [-0.4, -0.2) is 50.4 Å². The van der Waals surface area contributed by atoms with Gasteiger partial charge in [-0.15, -0.1) is 0 Å². The van der Waals surface area contributed by atoms with Gasteiger partial charge in [-0.1, -0.05) is 0 Å². The summed E-state index contributed by atoms with van der Waals surface area (Å²) in [5, 5.41) is 27.4. The molecule has 5 nitrogen and oxygen atoms in total. The topological polar surface area (TPSA) is 95.9 Å². The molecular weight excluding hydrogens is 277 g/mol. The average molecular weight is 289 g/mol. The molecule has 0 aliphatic carbocycles. The molecular formula is C6H12INO4. The van der Waals surface area contributed by atoms with Crippen molar-refractivity contribution in [2.24, 2.45) is 5.73 Å². The van der Waals surface area contributed by atoms with Gasteiger partial charge in [-0.2, -0.15) is 0 Å². The van der Waals surface area contributed by atoms with Crippen molar-refractivity contribution in [3.8, 4) is 0 Å². The van der Waals surface area contributed by atoms with Gasteiger partial charge >= 0.3 is 0 Å². The molecule has 0 saturated carbocycles. The maximum Gasteiger partial charge on any atom is 0.127 e. The zero-order chi connectivity index (χ0) is 9.30. The molecule has 72 valence electrons. The van der Waals surface area contributed by atoms with Gasteiger partial charge in [0.15, 0.2) is 0 Å². The summed E-state index contributed by atoms with van der Waals surface area (Å²) in [7, 11) is 0. The molecule has 1 rings (SSSR count). The fourth-order valence-electron chi connectivity index (χ4n) is 1.09. The summed E-state index contributed by atoms with van der Waals surface area (Å²) in [5.74, 6) is 0. The third-order valence-electron chi connectivity index (χ3n) is 1.91. The summed E-state index contributed by atoms with van der Waals surface area (Å²) < 4.78 is 4.76. The Balaban J connectivity index is 2.63. The fourth-order valence-corrected chi connectivity index (χ4v) is 1.89. The standard InChI is InChI=1S/C6H12INO4/c7-6-3(8)5(11)4(10)2(1-9)12-6/h2-6,9-11H,1,8H2. The minimum Gasteiger partial charge on any atom is -0.394 e. The number of aliphatic hydroxyl groups is 3. The van der Waals surface area contributed by atoms with E-state index in [1.807, 2.05) is 22.6 Å². The van der Waals surface area contributed by atoms with Crippen LogP contribution < -0.4 is 5.73 Å². The fraction of sp³-hybridized carbons (Fsp3) is 1.00. The number of ether oxygens (including phenoxy) is 1. The largest absolute Gasteiger partial charge is 0.394 e. The Morgan fingerprint density at radius 1 is 1.33 bits per heavy atom. The SMILES string of the molecule is NC1C(I)OC(CO)C(O)C1O. The lowest BCUT2D eigenvalue weighted by Gasteiger charge is -2.38. The molecule has 0 aromatic carbocycles. The lowest BCUT2D eigenvalue weighted by molar-refractivity contribution is -0.161. The van der Waals surface area contributed by atoms with Crippen LogP contribution in [0, 0.1) is 0 Å². The van der Waals surface area contributed by atoms with Crippen LogP contribution in [0.15, 0.2) is 0 Å². The quantitative estimate of drug-likeness (QED) is 0.337. The van der Waals surface area contributed by atoms with Gasteiger partial charge in [-0.25, -0.2) is 0 Å². The molecule has 0 radical (unpaired) electrons. The number of halogens is 1. The predicted octanol–water partition coefficient (Wildman–Crippen LogP) is -1.81. The highest BCUT2D eigenvalue weighted by molar-refractivity contribution is 14.1. The van der Waals surface area contributed by atoms with Crippen LogP contribution in [0.1, 0.15) is 0 Å². The molecule has 12 heavy (non-hydrogen) atoms. The number of aliphatic hydroxyl groups excluding tert-OH is 3. The summed E-state index contributed by atoms with van der Waals surface area (Å²) in [4.78, 5) is 0. The van der Waals surface area contributed by atoms with E-state index >= 15 is 0 Å². The van der Waals surface area contributed by atoms with Crippen LogP contribution in [0.4, 0.5) is 0 Å². The van der Waals surface area contributed by atoms with Crippen molar-refractivity contribution in [2.75, 3.05) is 6.61 Å². The Kier molecular flexibility index (Phi) is 3.68. The van der Waals surface area contributed by atoms with E-state index in [0.29, 0.717) is 0 Å². The number of hydrogen-bond acceptors (Lipinski definition) is 5. The second kappa shape index (κ2) is 4.16. The van der Waals surface area contributed by atoms with Crippen LogP contribution in [0.25, 0.3) is 0 Å². The van der Waals surface area contributed by atoms with E-state index in [2.05, 4.69) is 0 Å². The highest BCUT2D eigenvalue weighted by atomic mass is 127. The minimum atomic E-state index is -1.10. The van der Waals surface area contributed by atoms with Gasteiger partial charge in [0.05, 0.1) is 12.6 Å². The average Bonchev–Trinajstić information content (AvgIpc) is 2.08. The van der Waals surface area contributed by atoms with E-state index in [4.69, 9.17) is 15.6 Å². The van der Waals surface area contributed by atoms with Crippen molar-refractivity contribution in [1.29, 1.82) is 0 Å². The lowest BCUT2D eigenvalue weighted by atomic mass is 9.99. The van der Waals surface area contributed by atoms with E-state index in [-0.39, 0.29) is 10.7 Å². The van der Waals surface area contributed by atoms with Crippen molar-refractivity contribution < 1.29 is 20.1 Å². The van der Waals surface area contributed by atoms with Crippen molar-refractivity contribution >= 4 is 22.6 Å². The van der Waals surface area contributed by atoms with Crippen LogP contribution in [0.5, 0.6) is 0 Å². The first-order valence-corrected chi connectivity index (χ1v) is 4.84. The molecule has 0 bridgehead atoms. The maximum atomic E-state index is 9.35. The predicted molar refractivity (Wildman–Crippen MR) is 49.8 cm³/mol. The molecule has 1 aliphatic rings. The molecule has 0 spiro atoms. The highest BCUT2D eigenvalue weighted by Gasteiger charge is 2.40. The van der Waals surface area contributed by atoms with Gasteiger partial charge in [-0.05, 0) is 22.6 Å². The zero-order valence-corrected chi connectivity index (χ0v) is 8.46. The third kappa shape index (κ3) is 1.88. The third-order valence-corrected chi connectivity index (χ3v) is 3.04. The zero-order valence-electron chi connectivity index (χ0n) is 6.30. The van der Waals surface area contributed by atoms with Gasteiger partial charge in [0.1, 0.15) is 22.4 Å². The molecule has 5 N–H and O–H groups in total. The van der Waals surface area contributed by atoms with Crippen LogP contribution >= 0.6 is 22.6 Å². The number of rotatable bonds is 1. The molecule has 1 saturated heterocycles. The van der Waals surface area contributed by atoms with Gasteiger partial charge in [0.25, 0.3) is 0 Å². The number of hydrogen-bond donors (Lipinski definition) is 4. The first kappa shape index (κ1) is 10.6. The summed E-state index contributed by atoms with van der Waals surface area (Å²) in [6.45, 7) is -0.315. The molecule has 5 atom stereocenters. The van der Waals surface area contributed by atoms with Gasteiger partial charge < -0.3 is 25.8 Å². The van der Waals surface area contributed by atoms with Crippen LogP contribution in [0.3, 0.4) is 0 Å². The summed E-state index contributed by atoms with van der Waals surface area (Å²) >= 11 is 1.92. The summed E-state index contributed by atoms with van der Waals surface area (Å²) in [5.41, 5.74) is 5.50. The Morgan fingerprint density at radius 2 is 1.92 bits per heavy atom. The molecule has 6 heteroatoms. The maximum absolute atomic E-state index is 9.35. The monoisotopic (exact) mass is 289 g/mol. The minimum absolute atomic E-state index is 0.315. The van der Waals surface area contributed by atoms with E-state index in [1.165, 1.54) is 0 Å². The molecule has 1 aliphatic heterocycles. The lowest BCUT2D eigenvalue weighted by Crippen LogP contribution is -2.60. The van der Waals surface area contributed by atoms with Crippen molar-refractivity contribution in [2.45, 2.75) is 28.5 Å². The van der Waals surface area contributed by atoms with E-state index in [0.717, 1.165) is 0 Å². The normalized spacial score (nSPS) is 49.2. The molecule has 0 aromatic rings. The first-order valence-electron chi connectivity index (χ1n) is 3.60. The summed E-state index contributed by atoms with van der Waals surface area (Å²) in [6, 6.07) is -0.608. The Hall–Kier alpha value is 0.530. The van der Waals surface area contributed by atoms with Crippen molar-refractivity contribution in [3.05, 3.63) is 0 Å². The van der Waals surface area contributed by atoms with Crippen LogP contribution in [0.2, 0.25) is 0 Å². The van der Waals surface area contributed by atoms with E-state index < -0.39 is 24.4 Å². The summed E-state index contributed by atoms with van der Waals surface area (Å²) in [6.07, 6.45) is -2.87. The smallest absolute Gasteiger partial charge is 0.127 e. The first-order chi connectivity index (χ1) is 5.57. The van der Waals surface area contributed by atoms with Crippen molar-refractivity contribution in [3.63, 3.8) is 0 Å². The Morgan fingerprint density at radius 3 is 2.42 bits per heavy atom. The van der Waals surface area contributed by atoms with Gasteiger partial charge in [-0.3, -0.25) is 0 Å². The molecule has 1 heterocycles. The van der Waals surface area contributed by atoms with Crippen LogP contribution in [-0.2, 0) is 4.74 Å². The van der Waals surface area contributed by atoms with E-state index in [1.54, 1.807) is 0 Å². The number of alkyl halides is 1. The van der Waals surface area contributed by atoms with Gasteiger partial charge in [0, 0.05) is 0 Å².